The minimum Gasteiger partial charge on any atom is -0.321 e. The molecule has 0 atom stereocenters. The van der Waals surface area contributed by atoms with Crippen molar-refractivity contribution in [1.82, 2.24) is 4.57 Å². The first-order valence-electron chi connectivity index (χ1n) is 9.41. The molecular weight excluding hydrogens is 350 g/mol. The van der Waals surface area contributed by atoms with E-state index in [2.05, 4.69) is 5.32 Å². The van der Waals surface area contributed by atoms with Gasteiger partial charge in [0.05, 0.1) is 12.2 Å². The first-order chi connectivity index (χ1) is 13.0. The molecule has 1 aliphatic carbocycles. The number of aromatic nitrogens is 1. The normalized spacial score (nSPS) is 15.4. The minimum absolute atomic E-state index is 0.0468. The second-order valence-electron chi connectivity index (χ2n) is 7.19. The Hall–Kier alpha value is -2.50. The highest BCUT2D eigenvalue weighted by Gasteiger charge is 2.22. The summed E-state index contributed by atoms with van der Waals surface area (Å²) in [6.45, 7) is 1.62. The topological polar surface area (TPSA) is 51.1 Å². The van der Waals surface area contributed by atoms with Crippen LogP contribution in [0.2, 0.25) is 0 Å². The van der Waals surface area contributed by atoms with Crippen LogP contribution in [0.1, 0.15) is 49.8 Å². The summed E-state index contributed by atoms with van der Waals surface area (Å²) < 4.78 is 28.7. The number of hydrogen-bond acceptors (Lipinski definition) is 2. The molecule has 0 unspecified atom stereocenters. The third-order valence-electron chi connectivity index (χ3n) is 5.23. The van der Waals surface area contributed by atoms with Crippen LogP contribution in [-0.4, -0.2) is 10.5 Å². The molecule has 0 radical (unpaired) electrons. The number of hydrogen-bond donors (Lipinski definition) is 1. The van der Waals surface area contributed by atoms with Crippen LogP contribution < -0.4 is 10.9 Å². The number of benzene rings is 1. The summed E-state index contributed by atoms with van der Waals surface area (Å²) in [7, 11) is 0. The van der Waals surface area contributed by atoms with E-state index in [4.69, 9.17) is 0 Å². The van der Waals surface area contributed by atoms with E-state index < -0.39 is 11.4 Å². The van der Waals surface area contributed by atoms with Crippen LogP contribution >= 0.6 is 0 Å². The third-order valence-corrected chi connectivity index (χ3v) is 5.23. The number of rotatable bonds is 4. The Morgan fingerprint density at radius 3 is 2.37 bits per heavy atom. The number of nitrogens with zero attached hydrogens (tertiary/aromatic N) is 1. The van der Waals surface area contributed by atoms with Gasteiger partial charge in [-0.3, -0.25) is 9.59 Å². The van der Waals surface area contributed by atoms with Crippen LogP contribution in [0, 0.1) is 24.5 Å². The molecule has 6 heteroatoms. The van der Waals surface area contributed by atoms with Gasteiger partial charge in [0.15, 0.2) is 0 Å². The molecule has 27 heavy (non-hydrogen) atoms. The Kier molecular flexibility index (Phi) is 6.04. The van der Waals surface area contributed by atoms with Crippen molar-refractivity contribution in [2.24, 2.45) is 5.92 Å². The molecule has 4 nitrogen and oxygen atoms in total. The molecule has 0 bridgehead atoms. The zero-order chi connectivity index (χ0) is 19.4. The van der Waals surface area contributed by atoms with Crippen LogP contribution in [0.4, 0.5) is 14.5 Å². The minimum atomic E-state index is -0.562. The number of carbonyl (C=O) groups excluding carboxylic acids is 1. The summed E-state index contributed by atoms with van der Waals surface area (Å²) in [4.78, 5) is 25.4. The predicted octanol–water partition coefficient (Wildman–Crippen LogP) is 4.39. The first-order valence-corrected chi connectivity index (χ1v) is 9.41. The molecule has 0 spiro atoms. The second kappa shape index (κ2) is 8.46. The molecule has 0 aliphatic heterocycles. The summed E-state index contributed by atoms with van der Waals surface area (Å²) >= 11 is 0. The fourth-order valence-corrected chi connectivity index (χ4v) is 3.55. The quantitative estimate of drug-likeness (QED) is 0.807. The van der Waals surface area contributed by atoms with E-state index in [1.54, 1.807) is 12.1 Å². The van der Waals surface area contributed by atoms with E-state index in [1.807, 2.05) is 0 Å². The molecule has 1 heterocycles. The SMILES string of the molecule is Cc1c(F)cc(NC(=O)C2CCCCCC2)c(=O)n1Cc1ccc(F)cc1. The first kappa shape index (κ1) is 19.3. The van der Waals surface area contributed by atoms with Gasteiger partial charge >= 0.3 is 0 Å². The maximum Gasteiger partial charge on any atom is 0.275 e. The lowest BCUT2D eigenvalue weighted by atomic mass is 9.99. The molecular formula is C21H24F2N2O2. The maximum absolute atomic E-state index is 14.4. The molecule has 1 saturated carbocycles. The van der Waals surface area contributed by atoms with Crippen molar-refractivity contribution in [3.05, 3.63) is 63.6 Å². The largest absolute Gasteiger partial charge is 0.321 e. The number of nitrogens with one attached hydrogen (secondary N) is 1. The molecule has 1 aromatic heterocycles. The zero-order valence-corrected chi connectivity index (χ0v) is 15.4. The maximum atomic E-state index is 14.4. The second-order valence-corrected chi connectivity index (χ2v) is 7.19. The average Bonchev–Trinajstić information content (AvgIpc) is 2.94. The summed E-state index contributed by atoms with van der Waals surface area (Å²) in [5.41, 5.74) is 0.347. The number of amides is 1. The number of halogens is 2. The van der Waals surface area contributed by atoms with E-state index in [-0.39, 0.29) is 35.6 Å². The number of carbonyl (C=O) groups is 1. The lowest BCUT2D eigenvalue weighted by Crippen LogP contribution is -2.31. The van der Waals surface area contributed by atoms with E-state index >= 15 is 0 Å². The van der Waals surface area contributed by atoms with Gasteiger partial charge in [0.25, 0.3) is 5.56 Å². The van der Waals surface area contributed by atoms with E-state index in [0.717, 1.165) is 44.6 Å². The Morgan fingerprint density at radius 1 is 1.11 bits per heavy atom. The summed E-state index contributed by atoms with van der Waals surface area (Å²) in [5, 5.41) is 2.64. The van der Waals surface area contributed by atoms with Gasteiger partial charge in [-0.1, -0.05) is 37.8 Å². The van der Waals surface area contributed by atoms with Crippen LogP contribution in [-0.2, 0) is 11.3 Å². The van der Waals surface area contributed by atoms with Crippen molar-refractivity contribution >= 4 is 11.6 Å². The molecule has 1 N–H and O–H groups in total. The average molecular weight is 374 g/mol. The standard InChI is InChI=1S/C21H24F2N2O2/c1-14-18(23)12-19(24-20(26)16-6-4-2-3-5-7-16)21(27)25(14)13-15-8-10-17(22)11-9-15/h8-12,16H,2-7,13H2,1H3,(H,24,26). The Labute approximate surface area is 157 Å². The molecule has 0 saturated heterocycles. The van der Waals surface area contributed by atoms with E-state index in [0.29, 0.717) is 5.56 Å². The fraction of sp³-hybridized carbons (Fsp3) is 0.429. The van der Waals surface area contributed by atoms with Crippen molar-refractivity contribution in [1.29, 1.82) is 0 Å². The van der Waals surface area contributed by atoms with Crippen molar-refractivity contribution in [3.63, 3.8) is 0 Å². The highest BCUT2D eigenvalue weighted by atomic mass is 19.1. The lowest BCUT2D eigenvalue weighted by Gasteiger charge is -2.17. The van der Waals surface area contributed by atoms with Crippen molar-refractivity contribution in [2.45, 2.75) is 52.0 Å². The van der Waals surface area contributed by atoms with Crippen LogP contribution in [0.5, 0.6) is 0 Å². The van der Waals surface area contributed by atoms with Crippen molar-refractivity contribution in [3.8, 4) is 0 Å². The van der Waals surface area contributed by atoms with E-state index in [9.17, 15) is 18.4 Å². The van der Waals surface area contributed by atoms with Gasteiger partial charge in [-0.25, -0.2) is 8.78 Å². The monoisotopic (exact) mass is 374 g/mol. The van der Waals surface area contributed by atoms with Gasteiger partial charge in [0.2, 0.25) is 5.91 Å². The smallest absolute Gasteiger partial charge is 0.275 e. The lowest BCUT2D eigenvalue weighted by molar-refractivity contribution is -0.120. The molecule has 144 valence electrons. The molecule has 1 aliphatic rings. The predicted molar refractivity (Wildman–Crippen MR) is 101 cm³/mol. The highest BCUT2D eigenvalue weighted by Crippen LogP contribution is 2.24. The summed E-state index contributed by atoms with van der Waals surface area (Å²) in [6, 6.07) is 6.78. The Morgan fingerprint density at radius 2 is 1.74 bits per heavy atom. The summed E-state index contributed by atoms with van der Waals surface area (Å²) in [5.74, 6) is -1.29. The molecule has 3 rings (SSSR count). The summed E-state index contributed by atoms with van der Waals surface area (Å²) in [6.07, 6.45) is 5.82. The van der Waals surface area contributed by atoms with Gasteiger partial charge < -0.3 is 9.88 Å². The van der Waals surface area contributed by atoms with Gasteiger partial charge in [0.1, 0.15) is 17.3 Å². The molecule has 1 amide bonds. The van der Waals surface area contributed by atoms with Crippen LogP contribution in [0.3, 0.4) is 0 Å². The van der Waals surface area contributed by atoms with Crippen molar-refractivity contribution < 1.29 is 13.6 Å². The fourth-order valence-electron chi connectivity index (χ4n) is 3.55. The molecule has 2 aromatic rings. The van der Waals surface area contributed by atoms with Gasteiger partial charge in [-0.15, -0.1) is 0 Å². The molecule has 1 aromatic carbocycles. The van der Waals surface area contributed by atoms with Gasteiger partial charge in [-0.2, -0.15) is 0 Å². The van der Waals surface area contributed by atoms with E-state index in [1.165, 1.54) is 23.6 Å². The Bertz CT molecular complexity index is 867. The third kappa shape index (κ3) is 4.62. The van der Waals surface area contributed by atoms with Crippen LogP contribution in [0.25, 0.3) is 0 Å². The van der Waals surface area contributed by atoms with Crippen LogP contribution in [0.15, 0.2) is 35.1 Å². The number of anilines is 1. The number of pyridine rings is 1. The van der Waals surface area contributed by atoms with Gasteiger partial charge in [-0.05, 0) is 37.5 Å². The Balaban J connectivity index is 1.85. The van der Waals surface area contributed by atoms with Gasteiger partial charge in [0, 0.05) is 12.0 Å². The molecule has 1 fully saturated rings. The highest BCUT2D eigenvalue weighted by molar-refractivity contribution is 5.92. The van der Waals surface area contributed by atoms with Crippen molar-refractivity contribution in [2.75, 3.05) is 5.32 Å². The zero-order valence-electron chi connectivity index (χ0n) is 15.4.